The molecule has 1 rings (SSSR count). The molecule has 0 radical (unpaired) electrons. The molecule has 7 heteroatoms. The van der Waals surface area contributed by atoms with Gasteiger partial charge in [0.25, 0.3) is 0 Å². The summed E-state index contributed by atoms with van der Waals surface area (Å²) in [7, 11) is -3.52. The molecule has 0 aromatic carbocycles. The van der Waals surface area contributed by atoms with Crippen molar-refractivity contribution in [1.82, 2.24) is 4.72 Å². The van der Waals surface area contributed by atoms with E-state index in [1.165, 1.54) is 11.3 Å². The number of hydrogen-bond donors (Lipinski definition) is 1. The van der Waals surface area contributed by atoms with Crippen molar-refractivity contribution in [2.24, 2.45) is 0 Å². The van der Waals surface area contributed by atoms with Gasteiger partial charge >= 0.3 is 0 Å². The fourth-order valence-electron chi connectivity index (χ4n) is 1.65. The highest BCUT2D eigenvalue weighted by atomic mass is 79.9. The third kappa shape index (κ3) is 3.48. The van der Waals surface area contributed by atoms with Gasteiger partial charge in [0.2, 0.25) is 10.0 Å². The molecule has 0 saturated carbocycles. The molecule has 1 aromatic rings. The largest absolute Gasteiger partial charge is 0.242 e. The Hall–Kier alpha value is 0.380. The number of nitrogens with one attached hydrogen (secondary N) is 1. The van der Waals surface area contributed by atoms with Gasteiger partial charge in [0.1, 0.15) is 0 Å². The second kappa shape index (κ2) is 6.22. The molecule has 104 valence electrons. The fraction of sp³-hybridized carbons (Fsp3) is 0.636. The lowest BCUT2D eigenvalue weighted by Gasteiger charge is -2.30. The average Bonchev–Trinajstić information content (AvgIpc) is 2.66. The maximum Gasteiger partial charge on any atom is 0.242 e. The molecule has 0 fully saturated rings. The molecule has 1 aromatic heterocycles. The lowest BCUT2D eigenvalue weighted by Crippen LogP contribution is -2.49. The Kier molecular flexibility index (Phi) is 5.68. The van der Waals surface area contributed by atoms with E-state index in [-0.39, 0.29) is 5.88 Å². The predicted octanol–water partition coefficient (Wildman–Crippen LogP) is 3.89. The molecule has 1 N–H and O–H groups in total. The molecule has 0 bridgehead atoms. The van der Waals surface area contributed by atoms with Crippen LogP contribution in [0.3, 0.4) is 0 Å². The van der Waals surface area contributed by atoms with Crippen LogP contribution in [0.15, 0.2) is 14.7 Å². The van der Waals surface area contributed by atoms with Crippen LogP contribution >= 0.6 is 38.9 Å². The SMILES string of the molecule is CCC(CC)(CCl)NS(=O)(=O)c1cc(Br)sc1C. The summed E-state index contributed by atoms with van der Waals surface area (Å²) in [6, 6.07) is 1.63. The van der Waals surface area contributed by atoms with E-state index in [1.807, 2.05) is 13.8 Å². The lowest BCUT2D eigenvalue weighted by molar-refractivity contribution is 0.394. The summed E-state index contributed by atoms with van der Waals surface area (Å²) in [4.78, 5) is 1.10. The first-order valence-corrected chi connectivity index (χ1v) is 9.29. The van der Waals surface area contributed by atoms with E-state index in [0.717, 1.165) is 8.66 Å². The zero-order valence-corrected chi connectivity index (χ0v) is 14.6. The van der Waals surface area contributed by atoms with Crippen LogP contribution < -0.4 is 4.72 Å². The smallest absolute Gasteiger partial charge is 0.207 e. The number of alkyl halides is 1. The molecular formula is C11H17BrClNO2S2. The van der Waals surface area contributed by atoms with E-state index in [9.17, 15) is 8.42 Å². The lowest BCUT2D eigenvalue weighted by atomic mass is 9.97. The Morgan fingerprint density at radius 1 is 1.44 bits per heavy atom. The molecule has 0 aliphatic rings. The minimum Gasteiger partial charge on any atom is -0.207 e. The number of thiophene rings is 1. The van der Waals surface area contributed by atoms with Gasteiger partial charge in [-0.3, -0.25) is 0 Å². The van der Waals surface area contributed by atoms with Crippen molar-refractivity contribution in [3.05, 3.63) is 14.7 Å². The van der Waals surface area contributed by atoms with E-state index < -0.39 is 15.6 Å². The van der Waals surface area contributed by atoms with Gasteiger partial charge in [0.15, 0.2) is 0 Å². The minimum absolute atomic E-state index is 0.267. The van der Waals surface area contributed by atoms with Gasteiger partial charge in [-0.2, -0.15) is 0 Å². The number of hydrogen-bond acceptors (Lipinski definition) is 3. The van der Waals surface area contributed by atoms with Crippen molar-refractivity contribution in [2.75, 3.05) is 5.88 Å². The summed E-state index contributed by atoms with van der Waals surface area (Å²) in [6.07, 6.45) is 1.33. The van der Waals surface area contributed by atoms with E-state index in [4.69, 9.17) is 11.6 Å². The number of aryl methyl sites for hydroxylation is 1. The van der Waals surface area contributed by atoms with Crippen molar-refractivity contribution in [3.63, 3.8) is 0 Å². The van der Waals surface area contributed by atoms with Gasteiger partial charge in [-0.15, -0.1) is 22.9 Å². The molecule has 0 atom stereocenters. The zero-order valence-electron chi connectivity index (χ0n) is 10.6. The molecule has 0 amide bonds. The van der Waals surface area contributed by atoms with Crippen LogP contribution in [0.5, 0.6) is 0 Å². The van der Waals surface area contributed by atoms with Gasteiger partial charge in [-0.25, -0.2) is 13.1 Å². The summed E-state index contributed by atoms with van der Waals surface area (Å²) >= 11 is 10.6. The highest BCUT2D eigenvalue weighted by Crippen LogP contribution is 2.31. The summed E-state index contributed by atoms with van der Waals surface area (Å²) in [6.45, 7) is 5.67. The Labute approximate surface area is 126 Å². The monoisotopic (exact) mass is 373 g/mol. The molecule has 1 heterocycles. The van der Waals surface area contributed by atoms with Crippen LogP contribution in [0.2, 0.25) is 0 Å². The van der Waals surface area contributed by atoms with Crippen molar-refractivity contribution in [3.8, 4) is 0 Å². The molecule has 0 aliphatic heterocycles. The molecule has 3 nitrogen and oxygen atoms in total. The van der Waals surface area contributed by atoms with Crippen LogP contribution in [0.25, 0.3) is 0 Å². The predicted molar refractivity (Wildman–Crippen MR) is 81.1 cm³/mol. The zero-order chi connectivity index (χ0) is 14.0. The number of rotatable bonds is 6. The maximum absolute atomic E-state index is 12.4. The Morgan fingerprint density at radius 3 is 2.33 bits per heavy atom. The van der Waals surface area contributed by atoms with Gasteiger partial charge in [-0.05, 0) is 41.8 Å². The van der Waals surface area contributed by atoms with Gasteiger partial charge < -0.3 is 0 Å². The third-order valence-electron chi connectivity index (χ3n) is 3.09. The minimum atomic E-state index is -3.52. The van der Waals surface area contributed by atoms with E-state index >= 15 is 0 Å². The molecule has 0 unspecified atom stereocenters. The van der Waals surface area contributed by atoms with Crippen molar-refractivity contribution >= 4 is 48.9 Å². The maximum atomic E-state index is 12.4. The Bertz CT molecular complexity index is 501. The third-order valence-corrected chi connectivity index (χ3v) is 6.99. The fourth-order valence-corrected chi connectivity index (χ4v) is 6.13. The van der Waals surface area contributed by atoms with Gasteiger partial charge in [0.05, 0.1) is 8.68 Å². The summed E-state index contributed by atoms with van der Waals surface area (Å²) in [5, 5.41) is 0. The van der Waals surface area contributed by atoms with Crippen LogP contribution in [0.1, 0.15) is 31.6 Å². The summed E-state index contributed by atoms with van der Waals surface area (Å²) in [5.74, 6) is 0.267. The van der Waals surface area contributed by atoms with Gasteiger partial charge in [0, 0.05) is 16.3 Å². The first-order chi connectivity index (χ1) is 8.30. The first-order valence-electron chi connectivity index (χ1n) is 5.66. The first kappa shape index (κ1) is 16.4. The number of halogens is 2. The molecular weight excluding hydrogens is 358 g/mol. The second-order valence-electron chi connectivity index (χ2n) is 4.20. The summed E-state index contributed by atoms with van der Waals surface area (Å²) < 4.78 is 28.3. The van der Waals surface area contributed by atoms with E-state index in [0.29, 0.717) is 17.7 Å². The Balaban J connectivity index is 3.12. The highest BCUT2D eigenvalue weighted by Gasteiger charge is 2.32. The Morgan fingerprint density at radius 2 is 2.00 bits per heavy atom. The molecule has 18 heavy (non-hydrogen) atoms. The number of sulfonamides is 1. The van der Waals surface area contributed by atoms with Crippen LogP contribution in [-0.2, 0) is 10.0 Å². The van der Waals surface area contributed by atoms with Gasteiger partial charge in [-0.1, -0.05) is 13.8 Å². The summed E-state index contributed by atoms with van der Waals surface area (Å²) in [5.41, 5.74) is -0.568. The molecule has 0 saturated heterocycles. The quantitative estimate of drug-likeness (QED) is 0.768. The highest BCUT2D eigenvalue weighted by molar-refractivity contribution is 9.11. The molecule has 0 spiro atoms. The van der Waals surface area contributed by atoms with Crippen LogP contribution in [0, 0.1) is 6.92 Å². The standard InChI is InChI=1S/C11H17BrClNO2S2/c1-4-11(5-2,7-13)14-18(15,16)9-6-10(12)17-8(9)3/h6,14H,4-5,7H2,1-3H3. The van der Waals surface area contributed by atoms with E-state index in [2.05, 4.69) is 20.7 Å². The van der Waals surface area contributed by atoms with Crippen LogP contribution in [0.4, 0.5) is 0 Å². The van der Waals surface area contributed by atoms with Crippen molar-refractivity contribution in [2.45, 2.75) is 44.0 Å². The second-order valence-corrected chi connectivity index (χ2v) is 8.75. The average molecular weight is 375 g/mol. The normalized spacial score (nSPS) is 12.9. The molecule has 0 aliphatic carbocycles. The van der Waals surface area contributed by atoms with Crippen LogP contribution in [-0.4, -0.2) is 19.8 Å². The van der Waals surface area contributed by atoms with Crippen molar-refractivity contribution in [1.29, 1.82) is 0 Å². The van der Waals surface area contributed by atoms with Crippen molar-refractivity contribution < 1.29 is 8.42 Å². The van der Waals surface area contributed by atoms with E-state index in [1.54, 1.807) is 13.0 Å². The topological polar surface area (TPSA) is 46.2 Å².